The minimum absolute atomic E-state index is 0.0350. The average Bonchev–Trinajstić information content (AvgIpc) is 3.74. The van der Waals surface area contributed by atoms with Crippen molar-refractivity contribution in [3.8, 4) is 17.1 Å². The molecule has 2 saturated heterocycles. The van der Waals surface area contributed by atoms with Gasteiger partial charge >= 0.3 is 0 Å². The number of ether oxygens (including phenoxy) is 2. The first kappa shape index (κ1) is 45.7. The van der Waals surface area contributed by atoms with Crippen molar-refractivity contribution in [3.63, 3.8) is 0 Å². The maximum absolute atomic E-state index is 14.1. The second kappa shape index (κ2) is 20.2. The van der Waals surface area contributed by atoms with E-state index in [0.29, 0.717) is 80.2 Å². The molecular weight excluding hydrogens is 889 g/mol. The fraction of sp³-hybridized carbons (Fsp3) is 0.370. The molecule has 354 valence electrons. The molecule has 4 aliphatic rings. The fourth-order valence-electron chi connectivity index (χ4n) is 8.10. The second-order valence-corrected chi connectivity index (χ2v) is 16.7. The summed E-state index contributed by atoms with van der Waals surface area (Å²) in [6, 6.07) is 13.4. The first-order valence-corrected chi connectivity index (χ1v) is 22.2. The summed E-state index contributed by atoms with van der Waals surface area (Å²) in [6.07, 6.45) is 3.18. The summed E-state index contributed by atoms with van der Waals surface area (Å²) in [4.78, 5) is 88.4. The largest absolute Gasteiger partial charge is 0.444 e. The van der Waals surface area contributed by atoms with E-state index in [1.165, 1.54) is 41.9 Å². The standard InChI is InChI=1S/C46H47F2N11O9/c47-40(48)39-33(53-42(62)34-25-68-44(54-34)28-12-13-50-36(20-28)51-21-26-4-5-26)24-58(56-39)29-8-6-27(7-9-29)41(61)52-22-30-23-57(16-19-67-30)15-18-66-17-14-49-32-3-1-2-31-38(32)46(65)59(45(31)64)35-10-11-37(60)55-43(35)63/h1-3,6-9,12-13,20,24-26,30,35,40,49H,4-5,10-11,14-19,21-23H2,(H,50,51)(H,52,61)(H,53,62)(H,55,60,63)/t30-,35?/m1/s1. The Morgan fingerprint density at radius 1 is 0.941 bits per heavy atom. The van der Waals surface area contributed by atoms with Gasteiger partial charge in [0.05, 0.1) is 54.6 Å². The van der Waals surface area contributed by atoms with Gasteiger partial charge in [0.1, 0.15) is 18.1 Å². The van der Waals surface area contributed by atoms with Crippen molar-refractivity contribution in [2.45, 2.75) is 44.3 Å². The number of morpholine rings is 1. The number of anilines is 3. The van der Waals surface area contributed by atoms with E-state index in [4.69, 9.17) is 13.9 Å². The summed E-state index contributed by atoms with van der Waals surface area (Å²) in [7, 11) is 0. The zero-order chi connectivity index (χ0) is 47.3. The molecular formula is C46H47F2N11O9. The minimum Gasteiger partial charge on any atom is -0.444 e. The maximum atomic E-state index is 14.1. The van der Waals surface area contributed by atoms with Crippen LogP contribution in [0, 0.1) is 5.92 Å². The summed E-state index contributed by atoms with van der Waals surface area (Å²) in [5.41, 5.74) is 1.10. The third-order valence-electron chi connectivity index (χ3n) is 11.9. The topological polar surface area (TPSA) is 244 Å². The van der Waals surface area contributed by atoms with Crippen LogP contribution in [0.25, 0.3) is 17.1 Å². The Hall–Kier alpha value is -7.43. The van der Waals surface area contributed by atoms with Gasteiger partial charge in [0.15, 0.2) is 11.4 Å². The molecule has 1 aliphatic carbocycles. The number of hydrogen-bond donors (Lipinski definition) is 5. The van der Waals surface area contributed by atoms with Crippen LogP contribution in [-0.2, 0) is 19.1 Å². The Bertz CT molecular complexity index is 2720. The predicted octanol–water partition coefficient (Wildman–Crippen LogP) is 3.89. The van der Waals surface area contributed by atoms with Crippen molar-refractivity contribution in [3.05, 3.63) is 101 Å². The van der Waals surface area contributed by atoms with Crippen LogP contribution in [0.2, 0.25) is 0 Å². The average molecular weight is 936 g/mol. The Labute approximate surface area is 387 Å². The van der Waals surface area contributed by atoms with Crippen molar-refractivity contribution < 1.29 is 51.4 Å². The highest BCUT2D eigenvalue weighted by molar-refractivity contribution is 6.25. The van der Waals surface area contributed by atoms with Crippen LogP contribution in [0.3, 0.4) is 0 Å². The Balaban J connectivity index is 0.709. The highest BCUT2D eigenvalue weighted by Crippen LogP contribution is 2.33. The highest BCUT2D eigenvalue weighted by Gasteiger charge is 2.45. The number of carbonyl (C=O) groups is 6. The number of rotatable bonds is 19. The fourth-order valence-corrected chi connectivity index (χ4v) is 8.10. The summed E-state index contributed by atoms with van der Waals surface area (Å²) in [6.45, 7) is 4.36. The molecule has 20 nitrogen and oxygen atoms in total. The number of nitrogens with zero attached hydrogens (tertiary/aromatic N) is 6. The smallest absolute Gasteiger partial charge is 0.284 e. The molecule has 3 aromatic heterocycles. The molecule has 5 aromatic rings. The molecule has 2 atom stereocenters. The van der Waals surface area contributed by atoms with Crippen molar-refractivity contribution in [2.75, 3.05) is 75.0 Å². The van der Waals surface area contributed by atoms with Gasteiger partial charge in [0, 0.05) is 68.7 Å². The molecule has 3 fully saturated rings. The monoisotopic (exact) mass is 935 g/mol. The van der Waals surface area contributed by atoms with Gasteiger partial charge < -0.3 is 35.2 Å². The number of aromatic nitrogens is 4. The number of benzene rings is 2. The number of pyridine rings is 1. The molecule has 2 aromatic carbocycles. The van der Waals surface area contributed by atoms with Gasteiger partial charge in [-0.3, -0.25) is 43.9 Å². The van der Waals surface area contributed by atoms with E-state index in [2.05, 4.69) is 46.6 Å². The van der Waals surface area contributed by atoms with Crippen LogP contribution in [0.1, 0.15) is 79.4 Å². The number of oxazole rings is 1. The first-order valence-electron chi connectivity index (χ1n) is 22.2. The van der Waals surface area contributed by atoms with E-state index >= 15 is 0 Å². The van der Waals surface area contributed by atoms with Crippen molar-refractivity contribution >= 4 is 52.6 Å². The number of carbonyl (C=O) groups excluding carboxylic acids is 6. The molecule has 1 saturated carbocycles. The molecule has 3 aliphatic heterocycles. The molecule has 22 heteroatoms. The number of halogens is 2. The van der Waals surface area contributed by atoms with Crippen LogP contribution in [0.4, 0.5) is 26.0 Å². The maximum Gasteiger partial charge on any atom is 0.284 e. The lowest BCUT2D eigenvalue weighted by Gasteiger charge is -2.32. The number of nitrogens with one attached hydrogen (secondary N) is 5. The van der Waals surface area contributed by atoms with E-state index in [-0.39, 0.29) is 59.8 Å². The number of amides is 6. The zero-order valence-corrected chi connectivity index (χ0v) is 36.5. The lowest BCUT2D eigenvalue weighted by atomic mass is 10.0. The van der Waals surface area contributed by atoms with E-state index in [0.717, 1.165) is 17.7 Å². The van der Waals surface area contributed by atoms with Crippen molar-refractivity contribution in [2.24, 2.45) is 5.92 Å². The second-order valence-electron chi connectivity index (χ2n) is 16.7. The Morgan fingerprint density at radius 3 is 2.57 bits per heavy atom. The highest BCUT2D eigenvalue weighted by atomic mass is 19.3. The summed E-state index contributed by atoms with van der Waals surface area (Å²) >= 11 is 0. The van der Waals surface area contributed by atoms with Gasteiger partial charge in [-0.1, -0.05) is 6.07 Å². The van der Waals surface area contributed by atoms with Crippen LogP contribution in [0.15, 0.2) is 77.7 Å². The summed E-state index contributed by atoms with van der Waals surface area (Å²) < 4.78 is 46.7. The van der Waals surface area contributed by atoms with E-state index in [1.807, 2.05) is 0 Å². The number of imide groups is 2. The Morgan fingerprint density at radius 2 is 1.78 bits per heavy atom. The Kier molecular flexibility index (Phi) is 13.6. The quantitative estimate of drug-likeness (QED) is 0.0583. The zero-order valence-electron chi connectivity index (χ0n) is 36.5. The SMILES string of the molecule is O=C1CCC(N2C(=O)c3cccc(NCCOCCN4CCO[C@H](CNC(=O)c5ccc(-n6cc(NC(=O)c7coc(-c8ccnc(NCC9CC9)c8)n7)c(C(F)F)n6)cc5)C4)c3C2=O)C(=O)N1. The summed E-state index contributed by atoms with van der Waals surface area (Å²) in [5, 5.41) is 18.0. The van der Waals surface area contributed by atoms with Crippen LogP contribution in [0.5, 0.6) is 0 Å². The van der Waals surface area contributed by atoms with Crippen molar-refractivity contribution in [1.29, 1.82) is 0 Å². The van der Waals surface area contributed by atoms with E-state index < -0.39 is 47.7 Å². The van der Waals surface area contributed by atoms with Crippen LogP contribution in [-0.4, -0.2) is 136 Å². The van der Waals surface area contributed by atoms with Gasteiger partial charge in [0.25, 0.3) is 30.1 Å². The molecule has 0 bridgehead atoms. The molecule has 1 unspecified atom stereocenters. The van der Waals surface area contributed by atoms with E-state index in [9.17, 15) is 37.5 Å². The number of alkyl halides is 2. The van der Waals surface area contributed by atoms with E-state index in [1.54, 1.807) is 42.6 Å². The normalized spacial score (nSPS) is 18.4. The third kappa shape index (κ3) is 10.4. The molecule has 5 N–H and O–H groups in total. The van der Waals surface area contributed by atoms with Gasteiger partial charge in [-0.2, -0.15) is 5.10 Å². The van der Waals surface area contributed by atoms with Gasteiger partial charge in [0.2, 0.25) is 17.7 Å². The molecule has 68 heavy (non-hydrogen) atoms. The molecule has 6 amide bonds. The third-order valence-corrected chi connectivity index (χ3v) is 11.9. The molecule has 6 heterocycles. The lowest BCUT2D eigenvalue weighted by molar-refractivity contribution is -0.136. The number of piperidine rings is 1. The molecule has 9 rings (SSSR count). The van der Waals surface area contributed by atoms with Crippen LogP contribution < -0.4 is 26.6 Å². The van der Waals surface area contributed by atoms with Gasteiger partial charge in [-0.25, -0.2) is 23.4 Å². The molecule has 0 spiro atoms. The van der Waals surface area contributed by atoms with Crippen LogP contribution >= 0.6 is 0 Å². The first-order chi connectivity index (χ1) is 33.0. The minimum atomic E-state index is -3.01. The summed E-state index contributed by atoms with van der Waals surface area (Å²) in [5.74, 6) is -1.96. The number of hydrogen-bond acceptors (Lipinski definition) is 15. The van der Waals surface area contributed by atoms with Gasteiger partial charge in [-0.05, 0) is 73.7 Å². The lowest BCUT2D eigenvalue weighted by Crippen LogP contribution is -2.54. The molecule has 0 radical (unpaired) electrons. The van der Waals surface area contributed by atoms with Crippen molar-refractivity contribution in [1.82, 2.24) is 40.2 Å². The van der Waals surface area contributed by atoms with Gasteiger partial charge in [-0.15, -0.1) is 0 Å². The predicted molar refractivity (Wildman–Crippen MR) is 238 cm³/mol. The number of fused-ring (bicyclic) bond motifs is 1.